The van der Waals surface area contributed by atoms with Gasteiger partial charge in [0, 0.05) is 17.8 Å². The molecule has 0 radical (unpaired) electrons. The molecule has 1 aromatic carbocycles. The minimum Gasteiger partial charge on any atom is -0.452 e. The lowest BCUT2D eigenvalue weighted by Crippen LogP contribution is -2.25. The largest absolute Gasteiger partial charge is 0.452 e. The lowest BCUT2D eigenvalue weighted by Gasteiger charge is -2.07. The fourth-order valence-electron chi connectivity index (χ4n) is 2.20. The molecule has 0 atom stereocenters. The van der Waals surface area contributed by atoms with Gasteiger partial charge in [-0.05, 0) is 31.5 Å². The van der Waals surface area contributed by atoms with E-state index in [0.717, 1.165) is 45.7 Å². The molecule has 1 aromatic rings. The molecule has 3 rings (SSSR count). The van der Waals surface area contributed by atoms with Crippen LogP contribution in [0.5, 0.6) is 0 Å². The predicted molar refractivity (Wildman–Crippen MR) is 81.5 cm³/mol. The molecule has 20 heavy (non-hydrogen) atoms. The van der Waals surface area contributed by atoms with Crippen molar-refractivity contribution in [2.24, 2.45) is 0 Å². The summed E-state index contributed by atoms with van der Waals surface area (Å²) in [6, 6.07) is 9.87. The normalized spacial score (nSPS) is 12.9. The van der Waals surface area contributed by atoms with Gasteiger partial charge in [-0.25, -0.2) is 9.56 Å². The maximum Gasteiger partial charge on any atom is 0.203 e. The van der Waals surface area contributed by atoms with Gasteiger partial charge in [-0.2, -0.15) is 0 Å². The topological polar surface area (TPSA) is 55.1 Å². The molecule has 0 amide bonds. The molecule has 0 unspecified atom stereocenters. The van der Waals surface area contributed by atoms with Gasteiger partial charge in [-0.3, -0.25) is 0 Å². The van der Waals surface area contributed by atoms with Crippen LogP contribution >= 0.6 is 0 Å². The van der Waals surface area contributed by atoms with Crippen LogP contribution in [-0.2, 0) is 0 Å². The second kappa shape index (κ2) is 4.63. The van der Waals surface area contributed by atoms with E-state index in [2.05, 4.69) is 29.6 Å². The average molecular weight is 268 g/mol. The van der Waals surface area contributed by atoms with E-state index >= 15 is 0 Å². The Balaban J connectivity index is 2.35. The standard InChI is InChI=1S/C16H17N3O/c1-4-19(3)11-5-6-13-15(8-11)20-16-9-12(17)10(2)7-14(16)18-13/h5-9,17H,4H2,1-3H3/p+1. The third-order valence-corrected chi connectivity index (χ3v) is 3.67. The monoisotopic (exact) mass is 268 g/mol. The maximum atomic E-state index is 5.95. The Morgan fingerprint density at radius 2 is 2.05 bits per heavy atom. The molecule has 0 aromatic heterocycles. The number of fused-ring (bicyclic) bond motifs is 2. The van der Waals surface area contributed by atoms with E-state index in [-0.39, 0.29) is 0 Å². The molecular weight excluding hydrogens is 250 g/mol. The Labute approximate surface area is 117 Å². The zero-order chi connectivity index (χ0) is 14.3. The predicted octanol–water partition coefficient (Wildman–Crippen LogP) is 2.25. The third-order valence-electron chi connectivity index (χ3n) is 3.67. The van der Waals surface area contributed by atoms with E-state index in [1.807, 2.05) is 31.2 Å². The van der Waals surface area contributed by atoms with Crippen molar-refractivity contribution in [3.05, 3.63) is 41.3 Å². The van der Waals surface area contributed by atoms with Crippen molar-refractivity contribution in [3.63, 3.8) is 0 Å². The van der Waals surface area contributed by atoms with Gasteiger partial charge in [0.05, 0.1) is 6.07 Å². The Kier molecular flexibility index (Phi) is 2.93. The highest BCUT2D eigenvalue weighted by Crippen LogP contribution is 2.26. The summed E-state index contributed by atoms with van der Waals surface area (Å²) in [6.07, 6.45) is 0. The van der Waals surface area contributed by atoms with E-state index in [1.165, 1.54) is 0 Å². The zero-order valence-electron chi connectivity index (χ0n) is 12.0. The minimum atomic E-state index is 0.719. The van der Waals surface area contributed by atoms with Gasteiger partial charge in [0.15, 0.2) is 11.3 Å². The molecule has 1 aliphatic heterocycles. The van der Waals surface area contributed by atoms with Crippen LogP contribution < -0.4 is 15.7 Å². The van der Waals surface area contributed by atoms with Gasteiger partial charge in [-0.15, -0.1) is 0 Å². The minimum absolute atomic E-state index is 0.719. The number of benzene rings is 2. The molecule has 1 heterocycles. The number of rotatable bonds is 1. The summed E-state index contributed by atoms with van der Waals surface area (Å²) >= 11 is 0. The second-order valence-electron chi connectivity index (χ2n) is 5.06. The van der Waals surface area contributed by atoms with Gasteiger partial charge in [0.1, 0.15) is 24.8 Å². The summed E-state index contributed by atoms with van der Waals surface area (Å²) in [5.74, 6) is 0.776. The van der Waals surface area contributed by atoms with Gasteiger partial charge in [-0.1, -0.05) is 0 Å². The molecule has 0 saturated carbocycles. The molecule has 2 N–H and O–H groups in total. The van der Waals surface area contributed by atoms with Crippen LogP contribution in [0.1, 0.15) is 12.5 Å². The number of nitrogens with two attached hydrogens (primary N) is 1. The van der Waals surface area contributed by atoms with Gasteiger partial charge < -0.3 is 10.2 Å². The van der Waals surface area contributed by atoms with Crippen LogP contribution in [0.25, 0.3) is 22.6 Å². The van der Waals surface area contributed by atoms with Crippen LogP contribution in [-0.4, -0.2) is 18.6 Å². The summed E-state index contributed by atoms with van der Waals surface area (Å²) in [7, 11) is 2.05. The number of aromatic nitrogens is 1. The van der Waals surface area contributed by atoms with Crippen molar-refractivity contribution in [3.8, 4) is 11.5 Å². The fourth-order valence-corrected chi connectivity index (χ4v) is 2.20. The van der Waals surface area contributed by atoms with Crippen molar-refractivity contribution in [2.45, 2.75) is 13.8 Å². The summed E-state index contributed by atoms with van der Waals surface area (Å²) in [4.78, 5) is 4.64. The first-order chi connectivity index (χ1) is 9.58. The van der Waals surface area contributed by atoms with E-state index in [0.29, 0.717) is 0 Å². The quantitative estimate of drug-likeness (QED) is 0.418. The summed E-state index contributed by atoms with van der Waals surface area (Å²) in [6.45, 7) is 5.03. The van der Waals surface area contributed by atoms with E-state index in [4.69, 9.17) is 10.2 Å². The molecule has 4 heteroatoms. The Morgan fingerprint density at radius 1 is 1.25 bits per heavy atom. The number of anilines is 1. The van der Waals surface area contributed by atoms with Crippen LogP contribution in [0, 0.1) is 6.92 Å². The number of hydrogen-bond donors (Lipinski definition) is 1. The molecule has 1 aliphatic carbocycles. The van der Waals surface area contributed by atoms with Crippen LogP contribution in [0.4, 0.5) is 5.69 Å². The molecule has 0 saturated heterocycles. The van der Waals surface area contributed by atoms with E-state index < -0.39 is 0 Å². The number of hydrogen-bond acceptors (Lipinski definition) is 3. The van der Waals surface area contributed by atoms with E-state index in [9.17, 15) is 0 Å². The smallest absolute Gasteiger partial charge is 0.203 e. The van der Waals surface area contributed by atoms with Crippen LogP contribution in [0.3, 0.4) is 0 Å². The molecule has 102 valence electrons. The molecule has 2 aliphatic rings. The molecule has 0 bridgehead atoms. The average Bonchev–Trinajstić information content (AvgIpc) is 2.45. The highest BCUT2D eigenvalue weighted by Gasteiger charge is 2.11. The molecule has 0 spiro atoms. The zero-order valence-corrected chi connectivity index (χ0v) is 12.0. The van der Waals surface area contributed by atoms with Crippen LogP contribution in [0.15, 0.2) is 34.7 Å². The number of aryl methyl sites for hydroxylation is 1. The first kappa shape index (κ1) is 12.7. The maximum absolute atomic E-state index is 5.95. The van der Waals surface area contributed by atoms with Crippen LogP contribution in [0.2, 0.25) is 0 Å². The molecule has 4 nitrogen and oxygen atoms in total. The Hall–Kier alpha value is -2.36. The summed E-state index contributed by atoms with van der Waals surface area (Å²) in [5, 5.41) is 1.12. The van der Waals surface area contributed by atoms with Crippen molar-refractivity contribution < 1.29 is 4.42 Å². The van der Waals surface area contributed by atoms with Gasteiger partial charge in [0.25, 0.3) is 0 Å². The van der Waals surface area contributed by atoms with Crippen molar-refractivity contribution in [1.82, 2.24) is 9.56 Å². The van der Waals surface area contributed by atoms with Crippen molar-refractivity contribution in [2.75, 3.05) is 19.3 Å². The number of nitrogens with zero attached hydrogens (tertiary/aromatic N) is 2. The Bertz CT molecular complexity index is 833. The van der Waals surface area contributed by atoms with Crippen molar-refractivity contribution in [1.29, 1.82) is 0 Å². The molecule has 0 fully saturated rings. The second-order valence-corrected chi connectivity index (χ2v) is 5.06. The number of nitrogen functional groups attached to an aromatic ring is 1. The fraction of sp³-hybridized carbons (Fsp3) is 0.250. The highest BCUT2D eigenvalue weighted by molar-refractivity contribution is 5.80. The van der Waals surface area contributed by atoms with Crippen molar-refractivity contribution >= 4 is 16.8 Å². The summed E-state index contributed by atoms with van der Waals surface area (Å²) < 4.78 is 8.10. The van der Waals surface area contributed by atoms with E-state index in [1.54, 1.807) is 0 Å². The third kappa shape index (κ3) is 2.03. The lowest BCUT2D eigenvalue weighted by molar-refractivity contribution is 0.609. The van der Waals surface area contributed by atoms with Gasteiger partial charge >= 0.3 is 0 Å². The van der Waals surface area contributed by atoms with Gasteiger partial charge in [0.2, 0.25) is 5.36 Å². The molecular formula is C16H18N3O+. The lowest BCUT2D eigenvalue weighted by atomic mass is 10.1. The highest BCUT2D eigenvalue weighted by atomic mass is 16.3. The Morgan fingerprint density at radius 3 is 2.80 bits per heavy atom. The SMILES string of the molecule is CC/[N+](C)=c1/ccc2nc3cc(C)c(N)cc3oc-2c1. The summed E-state index contributed by atoms with van der Waals surface area (Å²) in [5.41, 5.74) is 10.1. The first-order valence-corrected chi connectivity index (χ1v) is 6.73. The first-order valence-electron chi connectivity index (χ1n) is 6.73.